The zero-order chi connectivity index (χ0) is 13.1. The van der Waals surface area contributed by atoms with Gasteiger partial charge in [0.2, 0.25) is 0 Å². The van der Waals surface area contributed by atoms with Crippen LogP contribution in [0.15, 0.2) is 28.7 Å². The fourth-order valence-corrected chi connectivity index (χ4v) is 2.58. The predicted octanol–water partition coefficient (Wildman–Crippen LogP) is 3.30. The third kappa shape index (κ3) is 3.56. The molecule has 1 aromatic carbocycles. The second kappa shape index (κ2) is 6.18. The molecule has 1 saturated carbocycles. The first-order chi connectivity index (χ1) is 8.56. The van der Waals surface area contributed by atoms with Crippen molar-refractivity contribution in [2.75, 3.05) is 6.54 Å². The molecule has 100 valence electrons. The van der Waals surface area contributed by atoms with Crippen LogP contribution in [0.4, 0.5) is 0 Å². The van der Waals surface area contributed by atoms with E-state index in [9.17, 15) is 5.11 Å². The third-order valence-electron chi connectivity index (χ3n) is 3.86. The molecule has 18 heavy (non-hydrogen) atoms. The summed E-state index contributed by atoms with van der Waals surface area (Å²) in [6.07, 6.45) is 2.15. The number of benzene rings is 1. The maximum Gasteiger partial charge on any atom is 0.0687 e. The lowest BCUT2D eigenvalue weighted by molar-refractivity contribution is 0.112. The second-order valence-corrected chi connectivity index (χ2v) is 6.55. The molecule has 1 fully saturated rings. The summed E-state index contributed by atoms with van der Waals surface area (Å²) in [6.45, 7) is 4.82. The Hall–Kier alpha value is -0.380. The zero-order valence-corrected chi connectivity index (χ0v) is 12.7. The van der Waals surface area contributed by atoms with Gasteiger partial charge in [-0.15, -0.1) is 0 Å². The monoisotopic (exact) mass is 311 g/mol. The molecule has 0 heterocycles. The number of aliphatic hydroxyl groups is 1. The summed E-state index contributed by atoms with van der Waals surface area (Å²) in [4.78, 5) is 0. The van der Waals surface area contributed by atoms with Crippen molar-refractivity contribution in [1.29, 1.82) is 0 Å². The van der Waals surface area contributed by atoms with Crippen LogP contribution in [-0.4, -0.2) is 23.8 Å². The number of nitrogens with one attached hydrogen (secondary N) is 1. The first kappa shape index (κ1) is 14.0. The maximum atomic E-state index is 9.74. The number of hydrogen-bond donors (Lipinski definition) is 2. The lowest BCUT2D eigenvalue weighted by Crippen LogP contribution is -2.44. The molecular formula is C15H22BrNO. The molecule has 0 radical (unpaired) electrons. The van der Waals surface area contributed by atoms with Gasteiger partial charge in [0.05, 0.1) is 6.10 Å². The zero-order valence-electron chi connectivity index (χ0n) is 11.1. The van der Waals surface area contributed by atoms with Crippen LogP contribution < -0.4 is 5.32 Å². The van der Waals surface area contributed by atoms with Gasteiger partial charge in [-0.2, -0.15) is 0 Å². The van der Waals surface area contributed by atoms with Crippen molar-refractivity contribution in [1.82, 2.24) is 5.32 Å². The lowest BCUT2D eigenvalue weighted by Gasteiger charge is -2.37. The molecule has 2 nitrogen and oxygen atoms in total. The van der Waals surface area contributed by atoms with E-state index in [2.05, 4.69) is 59.4 Å². The van der Waals surface area contributed by atoms with E-state index in [1.807, 2.05) is 0 Å². The van der Waals surface area contributed by atoms with Crippen LogP contribution in [0.5, 0.6) is 0 Å². The van der Waals surface area contributed by atoms with Crippen molar-refractivity contribution in [3.8, 4) is 0 Å². The molecule has 0 aliphatic heterocycles. The second-order valence-electron chi connectivity index (χ2n) is 5.64. The molecule has 2 rings (SSSR count). The van der Waals surface area contributed by atoms with Gasteiger partial charge in [-0.05, 0) is 42.4 Å². The fourth-order valence-electron chi connectivity index (χ4n) is 2.31. The molecule has 0 saturated heterocycles. The van der Waals surface area contributed by atoms with Crippen LogP contribution in [0.2, 0.25) is 0 Å². The molecule has 1 aliphatic rings. The molecule has 1 aromatic rings. The van der Waals surface area contributed by atoms with E-state index in [4.69, 9.17) is 0 Å². The van der Waals surface area contributed by atoms with Crippen molar-refractivity contribution in [3.63, 3.8) is 0 Å². The smallest absolute Gasteiger partial charge is 0.0687 e. The van der Waals surface area contributed by atoms with E-state index in [0.29, 0.717) is 17.9 Å². The summed E-state index contributed by atoms with van der Waals surface area (Å²) >= 11 is 3.46. The molecule has 0 aromatic heterocycles. The standard InChI is InChI=1S/C15H22BrNO/c1-10(2)15(18)9-17-14-7-12(8-14)11-3-5-13(16)6-4-11/h3-6,10,12,14-15,17-18H,7-9H2,1-2H3. The van der Waals surface area contributed by atoms with Crippen LogP contribution in [-0.2, 0) is 0 Å². The summed E-state index contributed by atoms with van der Waals surface area (Å²) in [5.41, 5.74) is 1.43. The van der Waals surface area contributed by atoms with Crippen LogP contribution in [0.25, 0.3) is 0 Å². The topological polar surface area (TPSA) is 32.3 Å². The van der Waals surface area contributed by atoms with Gasteiger partial charge in [-0.3, -0.25) is 0 Å². The van der Waals surface area contributed by atoms with E-state index in [1.54, 1.807) is 0 Å². The van der Waals surface area contributed by atoms with Crippen molar-refractivity contribution in [2.24, 2.45) is 5.92 Å². The van der Waals surface area contributed by atoms with Crippen molar-refractivity contribution in [2.45, 2.75) is 44.8 Å². The minimum atomic E-state index is -0.225. The molecule has 0 amide bonds. The van der Waals surface area contributed by atoms with Gasteiger partial charge in [0.25, 0.3) is 0 Å². The quantitative estimate of drug-likeness (QED) is 0.874. The molecule has 1 atom stereocenters. The molecule has 0 spiro atoms. The van der Waals surface area contributed by atoms with Crippen LogP contribution in [0.1, 0.15) is 38.2 Å². The molecule has 1 aliphatic carbocycles. The van der Waals surface area contributed by atoms with E-state index in [0.717, 1.165) is 11.0 Å². The minimum Gasteiger partial charge on any atom is -0.392 e. The third-order valence-corrected chi connectivity index (χ3v) is 4.39. The van der Waals surface area contributed by atoms with Crippen molar-refractivity contribution < 1.29 is 5.11 Å². The Labute approximate surface area is 118 Å². The van der Waals surface area contributed by atoms with Crippen LogP contribution in [0.3, 0.4) is 0 Å². The molecule has 3 heteroatoms. The van der Waals surface area contributed by atoms with Crippen molar-refractivity contribution in [3.05, 3.63) is 34.3 Å². The van der Waals surface area contributed by atoms with Gasteiger partial charge >= 0.3 is 0 Å². The van der Waals surface area contributed by atoms with E-state index >= 15 is 0 Å². The SMILES string of the molecule is CC(C)C(O)CNC1CC(c2ccc(Br)cc2)C1. The predicted molar refractivity (Wildman–Crippen MR) is 78.8 cm³/mol. The molecular weight excluding hydrogens is 290 g/mol. The highest BCUT2D eigenvalue weighted by Gasteiger charge is 2.30. The Morgan fingerprint density at radius 2 is 1.89 bits per heavy atom. The molecule has 1 unspecified atom stereocenters. The molecule has 2 N–H and O–H groups in total. The Kier molecular flexibility index (Phi) is 4.82. The average molecular weight is 312 g/mol. The summed E-state index contributed by atoms with van der Waals surface area (Å²) < 4.78 is 1.14. The average Bonchev–Trinajstić information content (AvgIpc) is 2.28. The Bertz CT molecular complexity index is 371. The first-order valence-corrected chi connectivity index (χ1v) is 7.52. The Morgan fingerprint density at radius 1 is 1.28 bits per heavy atom. The maximum absolute atomic E-state index is 9.74. The number of hydrogen-bond acceptors (Lipinski definition) is 2. The van der Waals surface area contributed by atoms with Crippen LogP contribution in [0, 0.1) is 5.92 Å². The number of rotatable bonds is 5. The van der Waals surface area contributed by atoms with E-state index in [1.165, 1.54) is 18.4 Å². The minimum absolute atomic E-state index is 0.225. The van der Waals surface area contributed by atoms with Gasteiger partial charge in [0.1, 0.15) is 0 Å². The normalized spacial score (nSPS) is 24.9. The summed E-state index contributed by atoms with van der Waals surface area (Å²) in [7, 11) is 0. The largest absolute Gasteiger partial charge is 0.392 e. The van der Waals surface area contributed by atoms with Crippen LogP contribution >= 0.6 is 15.9 Å². The van der Waals surface area contributed by atoms with Gasteiger partial charge in [0, 0.05) is 17.1 Å². The number of aliphatic hydroxyl groups excluding tert-OH is 1. The van der Waals surface area contributed by atoms with E-state index < -0.39 is 0 Å². The fraction of sp³-hybridized carbons (Fsp3) is 0.600. The van der Waals surface area contributed by atoms with E-state index in [-0.39, 0.29) is 6.10 Å². The highest BCUT2D eigenvalue weighted by Crippen LogP contribution is 2.37. The lowest BCUT2D eigenvalue weighted by atomic mass is 9.76. The number of halogens is 1. The first-order valence-electron chi connectivity index (χ1n) is 6.73. The summed E-state index contributed by atoms with van der Waals surface area (Å²) in [6, 6.07) is 9.20. The Balaban J connectivity index is 1.72. The molecule has 0 bridgehead atoms. The van der Waals surface area contributed by atoms with Gasteiger partial charge in [-0.1, -0.05) is 41.9 Å². The highest BCUT2D eigenvalue weighted by molar-refractivity contribution is 9.10. The van der Waals surface area contributed by atoms with Gasteiger partial charge in [-0.25, -0.2) is 0 Å². The summed E-state index contributed by atoms with van der Waals surface area (Å²) in [5.74, 6) is 1.02. The Morgan fingerprint density at radius 3 is 2.44 bits per heavy atom. The highest BCUT2D eigenvalue weighted by atomic mass is 79.9. The summed E-state index contributed by atoms with van der Waals surface area (Å²) in [5, 5.41) is 13.2. The van der Waals surface area contributed by atoms with Crippen molar-refractivity contribution >= 4 is 15.9 Å². The van der Waals surface area contributed by atoms with Gasteiger partial charge < -0.3 is 10.4 Å². The van der Waals surface area contributed by atoms with Gasteiger partial charge in [0.15, 0.2) is 0 Å².